The van der Waals surface area contributed by atoms with Crippen LogP contribution in [0.15, 0.2) is 12.1 Å². The summed E-state index contributed by atoms with van der Waals surface area (Å²) in [4.78, 5) is 5.96. The number of diazo groups is 1. The van der Waals surface area contributed by atoms with Crippen LogP contribution in [0.5, 0.6) is 0 Å². The van der Waals surface area contributed by atoms with Gasteiger partial charge in [-0.05, 0) is 37.3 Å². The summed E-state index contributed by atoms with van der Waals surface area (Å²) in [5.41, 5.74) is 4.52. The molecule has 168 valence electrons. The van der Waals surface area contributed by atoms with E-state index in [9.17, 15) is 30.6 Å². The number of aryl methyl sites for hydroxylation is 2. The third-order valence-corrected chi connectivity index (χ3v) is 4.34. The van der Waals surface area contributed by atoms with Gasteiger partial charge in [0.1, 0.15) is 0 Å². The van der Waals surface area contributed by atoms with Gasteiger partial charge in [-0.15, -0.1) is 0 Å². The van der Waals surface area contributed by atoms with Crippen molar-refractivity contribution in [2.45, 2.75) is 52.4 Å². The first kappa shape index (κ1) is 25.4. The number of halogens is 6. The molecule has 0 unspecified atom stereocenters. The van der Waals surface area contributed by atoms with Crippen molar-refractivity contribution in [3.8, 4) is 0 Å². The van der Waals surface area contributed by atoms with Crippen molar-refractivity contribution in [1.82, 2.24) is 0 Å². The van der Waals surface area contributed by atoms with Crippen molar-refractivity contribution in [3.63, 3.8) is 0 Å². The van der Waals surface area contributed by atoms with Crippen LogP contribution in [0.2, 0.25) is 0 Å². The molecule has 1 aliphatic heterocycles. The Hall–Kier alpha value is -1.59. The maximum absolute atomic E-state index is 10.7. The molecule has 0 spiro atoms. The van der Waals surface area contributed by atoms with Crippen LogP contribution in [0.1, 0.15) is 50.7 Å². The zero-order valence-corrected chi connectivity index (χ0v) is 17.6. The molecule has 1 aromatic carbocycles. The summed E-state index contributed by atoms with van der Waals surface area (Å²) in [6.45, 7) is 7.88. The van der Waals surface area contributed by atoms with E-state index in [2.05, 4.69) is 35.9 Å². The van der Waals surface area contributed by atoms with Crippen LogP contribution in [0.25, 0.3) is 4.98 Å². The second-order valence-electron chi connectivity index (χ2n) is 6.97. The first-order valence-electron chi connectivity index (χ1n) is 9.65. The van der Waals surface area contributed by atoms with Crippen LogP contribution in [0.4, 0.5) is 36.6 Å². The van der Waals surface area contributed by atoms with E-state index in [1.54, 1.807) is 0 Å². The van der Waals surface area contributed by atoms with Crippen LogP contribution < -0.4 is 4.90 Å². The van der Waals surface area contributed by atoms with E-state index in [1.807, 2.05) is 0 Å². The molecular formula is C18H28F6N3OP. The molecule has 0 N–H and O–H groups in total. The van der Waals surface area contributed by atoms with E-state index in [1.165, 1.54) is 17.7 Å². The van der Waals surface area contributed by atoms with Crippen LogP contribution >= 0.6 is 7.81 Å². The van der Waals surface area contributed by atoms with E-state index in [-0.39, 0.29) is 0 Å². The molecule has 11 heteroatoms. The Kier molecular flexibility index (Phi) is 8.32. The maximum atomic E-state index is 9.87. The molecule has 2 rings (SSSR count). The van der Waals surface area contributed by atoms with Gasteiger partial charge in [0.05, 0.1) is 13.2 Å². The molecular weight excluding hydrogens is 419 g/mol. The number of rotatable bonds is 7. The Morgan fingerprint density at radius 3 is 1.86 bits per heavy atom. The number of unbranched alkanes of at least 4 members (excludes halogenated alkanes) is 2. The quantitative estimate of drug-likeness (QED) is 0.241. The van der Waals surface area contributed by atoms with Crippen molar-refractivity contribution in [2.24, 2.45) is 0 Å². The molecule has 1 fully saturated rings. The molecule has 1 aliphatic rings. The topological polar surface area (TPSA) is 40.6 Å². The Bertz CT molecular complexity index is 701. The second-order valence-corrected chi connectivity index (χ2v) is 8.89. The van der Waals surface area contributed by atoms with Crippen LogP contribution in [-0.4, -0.2) is 26.3 Å². The van der Waals surface area contributed by atoms with Gasteiger partial charge < -0.3 is 9.64 Å². The first-order valence-corrected chi connectivity index (χ1v) is 11.7. The summed E-state index contributed by atoms with van der Waals surface area (Å²) in [5, 5.41) is 9.36. The number of hydrogen-bond donors (Lipinski definition) is 0. The van der Waals surface area contributed by atoms with E-state index >= 15 is 0 Å². The average Bonchev–Trinajstić information content (AvgIpc) is 2.62. The molecule has 1 saturated heterocycles. The summed E-state index contributed by atoms with van der Waals surface area (Å²) in [7, 11) is -10.7. The molecule has 0 saturated carbocycles. The Morgan fingerprint density at radius 1 is 0.931 bits per heavy atom. The minimum absolute atomic E-state index is 0.747. The van der Waals surface area contributed by atoms with Gasteiger partial charge in [0, 0.05) is 30.4 Å². The molecule has 0 bridgehead atoms. The Morgan fingerprint density at radius 2 is 1.41 bits per heavy atom. The first-order chi connectivity index (χ1) is 13.2. The molecule has 0 radical (unpaired) electrons. The van der Waals surface area contributed by atoms with Gasteiger partial charge in [-0.2, -0.15) is 0 Å². The van der Waals surface area contributed by atoms with Gasteiger partial charge in [0.2, 0.25) is 5.39 Å². The predicted octanol–water partition coefficient (Wildman–Crippen LogP) is 8.08. The Balaban J connectivity index is 0.000000516. The number of benzene rings is 1. The normalized spacial score (nSPS) is 16.9. The van der Waals surface area contributed by atoms with Crippen LogP contribution in [0, 0.1) is 5.39 Å². The summed E-state index contributed by atoms with van der Waals surface area (Å²) < 4.78 is 64.7. The summed E-state index contributed by atoms with van der Waals surface area (Å²) >= 11 is 0. The summed E-state index contributed by atoms with van der Waals surface area (Å²) in [5.74, 6) is 0. The van der Waals surface area contributed by atoms with Crippen molar-refractivity contribution in [1.29, 1.82) is 5.39 Å². The van der Waals surface area contributed by atoms with Crippen LogP contribution in [-0.2, 0) is 17.6 Å². The summed E-state index contributed by atoms with van der Waals surface area (Å²) in [6.07, 6.45) is 6.62. The standard InChI is InChI=1S/C18H28N3O.F6P/c1-3-5-7-15-14-18(21-9-11-22-12-10-21)16(8-6-4-2)13-17(15)20-19;1-7(2,3,4,5)6/h13-14H,3-12H2,1-2H3;/q+1;-1. The SMILES string of the molecule is CCCCc1cc(N2CCOCC2)c(CCCC)cc1[N+]#N.F[P-](F)(F)(F)(F)F. The number of anilines is 1. The monoisotopic (exact) mass is 447 g/mol. The van der Waals surface area contributed by atoms with Gasteiger partial charge in [-0.25, -0.2) is 0 Å². The fourth-order valence-corrected chi connectivity index (χ4v) is 2.99. The van der Waals surface area contributed by atoms with E-state index in [4.69, 9.17) is 4.74 Å². The van der Waals surface area contributed by atoms with E-state index < -0.39 is 7.81 Å². The molecule has 4 nitrogen and oxygen atoms in total. The van der Waals surface area contributed by atoms with Gasteiger partial charge in [0.15, 0.2) is 4.98 Å². The minimum atomic E-state index is -10.7. The molecule has 0 aromatic heterocycles. The van der Waals surface area contributed by atoms with Crippen molar-refractivity contribution < 1.29 is 29.9 Å². The second kappa shape index (κ2) is 9.48. The molecule has 29 heavy (non-hydrogen) atoms. The van der Waals surface area contributed by atoms with Crippen molar-refractivity contribution in [2.75, 3.05) is 31.2 Å². The Labute approximate surface area is 167 Å². The number of morpholine rings is 1. The zero-order chi connectivity index (χ0) is 22.2. The predicted molar refractivity (Wildman–Crippen MR) is 105 cm³/mol. The molecule has 0 aliphatic carbocycles. The number of nitrogens with zero attached hydrogens (tertiary/aromatic N) is 3. The zero-order valence-electron chi connectivity index (χ0n) is 16.7. The van der Waals surface area contributed by atoms with Gasteiger partial charge in [-0.1, -0.05) is 26.7 Å². The van der Waals surface area contributed by atoms with Crippen LogP contribution in [0.3, 0.4) is 0 Å². The molecule has 1 heterocycles. The fourth-order valence-electron chi connectivity index (χ4n) is 2.99. The van der Waals surface area contributed by atoms with Gasteiger partial charge in [0.25, 0.3) is 0 Å². The van der Waals surface area contributed by atoms with Gasteiger partial charge in [-0.3, -0.25) is 0 Å². The van der Waals surface area contributed by atoms with E-state index in [0.717, 1.165) is 69.7 Å². The van der Waals surface area contributed by atoms with Gasteiger partial charge >= 0.3 is 38.7 Å². The molecule has 1 aromatic rings. The fraction of sp³-hybridized carbons (Fsp3) is 0.667. The van der Waals surface area contributed by atoms with Crippen molar-refractivity contribution in [3.05, 3.63) is 28.2 Å². The molecule has 0 atom stereocenters. The average molecular weight is 447 g/mol. The summed E-state index contributed by atoms with van der Waals surface area (Å²) in [6, 6.07) is 4.34. The third-order valence-electron chi connectivity index (χ3n) is 4.34. The van der Waals surface area contributed by atoms with E-state index in [0.29, 0.717) is 0 Å². The third kappa shape index (κ3) is 11.9. The molecule has 0 amide bonds. The van der Waals surface area contributed by atoms with Crippen molar-refractivity contribution >= 4 is 19.2 Å². The number of ether oxygens (including phenoxy) is 1. The number of hydrogen-bond acceptors (Lipinski definition) is 3.